The quantitative estimate of drug-likeness (QED) is 0.699. The van der Waals surface area contributed by atoms with Crippen molar-refractivity contribution in [3.05, 3.63) is 30.1 Å². The smallest absolute Gasteiger partial charge is 0.0923 e. The summed E-state index contributed by atoms with van der Waals surface area (Å²) in [5.41, 5.74) is 0.279. The van der Waals surface area contributed by atoms with Crippen molar-refractivity contribution >= 4 is 0 Å². The third-order valence-electron chi connectivity index (χ3n) is 2.86. The minimum absolute atomic E-state index is 0.669. The van der Waals surface area contributed by atoms with Gasteiger partial charge in [-0.25, -0.2) is 0 Å². The molecule has 0 radical (unpaired) electrons. The normalized spacial score (nSPS) is 28.4. The molecule has 1 fully saturated rings. The lowest BCUT2D eigenvalue weighted by molar-refractivity contribution is 0.0237. The van der Waals surface area contributed by atoms with Crippen LogP contribution in [-0.2, 0) is 5.60 Å². The molecule has 14 heavy (non-hydrogen) atoms. The number of hydrogen-bond donors (Lipinski definition) is 2. The first-order chi connectivity index (χ1) is 6.81. The van der Waals surface area contributed by atoms with Crippen molar-refractivity contribution in [2.75, 3.05) is 13.1 Å². The Morgan fingerprint density at radius 1 is 1.36 bits per heavy atom. The number of nitrogens with zero attached hydrogens (tertiary/aromatic N) is 1. The standard InChI is InChI=1S/C11H16N2O/c14-11(4-2-7-12-8-5-11)10-3-1-6-13-9-10/h1,3,6,9,12,14H,2,4-5,7-8H2. The highest BCUT2D eigenvalue weighted by molar-refractivity contribution is 5.18. The van der Waals surface area contributed by atoms with E-state index in [2.05, 4.69) is 10.3 Å². The van der Waals surface area contributed by atoms with E-state index < -0.39 is 5.60 Å². The van der Waals surface area contributed by atoms with Crippen LogP contribution in [-0.4, -0.2) is 23.2 Å². The fourth-order valence-corrected chi connectivity index (χ4v) is 1.98. The Balaban J connectivity index is 2.21. The molecule has 1 unspecified atom stereocenters. The summed E-state index contributed by atoms with van der Waals surface area (Å²) in [7, 11) is 0. The molecule has 0 saturated carbocycles. The van der Waals surface area contributed by atoms with Crippen molar-refractivity contribution in [1.29, 1.82) is 0 Å². The predicted molar refractivity (Wildman–Crippen MR) is 54.9 cm³/mol. The average Bonchev–Trinajstić information content (AvgIpc) is 2.46. The molecule has 1 aromatic rings. The maximum absolute atomic E-state index is 10.4. The van der Waals surface area contributed by atoms with Crippen molar-refractivity contribution in [3.8, 4) is 0 Å². The number of nitrogens with one attached hydrogen (secondary N) is 1. The van der Waals surface area contributed by atoms with E-state index in [0.717, 1.165) is 37.9 Å². The number of hydrogen-bond acceptors (Lipinski definition) is 3. The molecule has 76 valence electrons. The third-order valence-corrected chi connectivity index (χ3v) is 2.86. The van der Waals surface area contributed by atoms with Crippen molar-refractivity contribution in [3.63, 3.8) is 0 Å². The summed E-state index contributed by atoms with van der Waals surface area (Å²) in [5.74, 6) is 0. The molecule has 3 nitrogen and oxygen atoms in total. The van der Waals surface area contributed by atoms with Gasteiger partial charge in [0.15, 0.2) is 0 Å². The fraction of sp³-hybridized carbons (Fsp3) is 0.545. The molecule has 2 N–H and O–H groups in total. The lowest BCUT2D eigenvalue weighted by Crippen LogP contribution is -2.27. The van der Waals surface area contributed by atoms with E-state index in [1.165, 1.54) is 0 Å². The van der Waals surface area contributed by atoms with Gasteiger partial charge in [-0.3, -0.25) is 4.98 Å². The predicted octanol–water partition coefficient (Wildman–Crippen LogP) is 1.04. The Hall–Kier alpha value is -0.930. The van der Waals surface area contributed by atoms with E-state index in [0.29, 0.717) is 0 Å². The van der Waals surface area contributed by atoms with Gasteiger partial charge in [-0.15, -0.1) is 0 Å². The molecule has 0 bridgehead atoms. The topological polar surface area (TPSA) is 45.2 Å². The zero-order valence-corrected chi connectivity index (χ0v) is 8.24. The van der Waals surface area contributed by atoms with Gasteiger partial charge in [0.25, 0.3) is 0 Å². The van der Waals surface area contributed by atoms with Gasteiger partial charge >= 0.3 is 0 Å². The van der Waals surface area contributed by atoms with Gasteiger partial charge in [0.1, 0.15) is 0 Å². The van der Waals surface area contributed by atoms with Gasteiger partial charge in [0.2, 0.25) is 0 Å². The molecule has 1 aromatic heterocycles. The number of rotatable bonds is 1. The molecule has 2 heterocycles. The lowest BCUT2D eigenvalue weighted by Gasteiger charge is -2.26. The zero-order chi connectivity index (χ0) is 9.86. The molecule has 1 atom stereocenters. The Labute approximate surface area is 84.2 Å². The maximum atomic E-state index is 10.4. The second-order valence-corrected chi connectivity index (χ2v) is 3.88. The van der Waals surface area contributed by atoms with Gasteiger partial charge in [0.05, 0.1) is 5.60 Å². The molecule has 0 aromatic carbocycles. The van der Waals surface area contributed by atoms with Crippen molar-refractivity contribution < 1.29 is 5.11 Å². The SMILES string of the molecule is OC1(c2cccnc2)CCCNCC1. The van der Waals surface area contributed by atoms with Crippen LogP contribution < -0.4 is 5.32 Å². The Bertz CT molecular complexity index is 279. The minimum atomic E-state index is -0.669. The first-order valence-electron chi connectivity index (χ1n) is 5.15. The molecular formula is C11H16N2O. The average molecular weight is 192 g/mol. The molecule has 1 saturated heterocycles. The van der Waals surface area contributed by atoms with Crippen LogP contribution in [0.3, 0.4) is 0 Å². The first kappa shape index (κ1) is 9.62. The van der Waals surface area contributed by atoms with E-state index >= 15 is 0 Å². The van der Waals surface area contributed by atoms with E-state index in [9.17, 15) is 5.11 Å². The van der Waals surface area contributed by atoms with E-state index in [1.54, 1.807) is 12.4 Å². The summed E-state index contributed by atoms with van der Waals surface area (Å²) >= 11 is 0. The molecule has 0 aliphatic carbocycles. The first-order valence-corrected chi connectivity index (χ1v) is 5.15. The van der Waals surface area contributed by atoms with Crippen molar-refractivity contribution in [2.24, 2.45) is 0 Å². The Morgan fingerprint density at radius 3 is 3.07 bits per heavy atom. The summed E-state index contributed by atoms with van der Waals surface area (Å²) < 4.78 is 0. The second-order valence-electron chi connectivity index (χ2n) is 3.88. The molecule has 1 aliphatic heterocycles. The zero-order valence-electron chi connectivity index (χ0n) is 8.24. The Morgan fingerprint density at radius 2 is 2.29 bits per heavy atom. The van der Waals surface area contributed by atoms with Gasteiger partial charge in [-0.2, -0.15) is 0 Å². The number of pyridine rings is 1. The van der Waals surface area contributed by atoms with Crippen molar-refractivity contribution in [2.45, 2.75) is 24.9 Å². The van der Waals surface area contributed by atoms with E-state index in [-0.39, 0.29) is 0 Å². The molecular weight excluding hydrogens is 176 g/mol. The molecule has 3 heteroatoms. The molecule has 1 aliphatic rings. The Kier molecular flexibility index (Phi) is 2.79. The molecule has 0 spiro atoms. The highest BCUT2D eigenvalue weighted by Gasteiger charge is 2.29. The number of aliphatic hydroxyl groups is 1. The summed E-state index contributed by atoms with van der Waals surface area (Å²) in [6.07, 6.45) is 6.13. The highest BCUT2D eigenvalue weighted by atomic mass is 16.3. The highest BCUT2D eigenvalue weighted by Crippen LogP contribution is 2.30. The van der Waals surface area contributed by atoms with Crippen LogP contribution in [0.2, 0.25) is 0 Å². The van der Waals surface area contributed by atoms with Crippen LogP contribution in [0.1, 0.15) is 24.8 Å². The van der Waals surface area contributed by atoms with Gasteiger partial charge in [-0.1, -0.05) is 6.07 Å². The molecule has 0 amide bonds. The summed E-state index contributed by atoms with van der Waals surface area (Å²) in [4.78, 5) is 4.06. The van der Waals surface area contributed by atoms with Gasteiger partial charge < -0.3 is 10.4 Å². The summed E-state index contributed by atoms with van der Waals surface area (Å²) in [5, 5.41) is 13.7. The van der Waals surface area contributed by atoms with Crippen molar-refractivity contribution in [1.82, 2.24) is 10.3 Å². The monoisotopic (exact) mass is 192 g/mol. The third kappa shape index (κ3) is 1.94. The van der Waals surface area contributed by atoms with Crippen LogP contribution in [0.15, 0.2) is 24.5 Å². The maximum Gasteiger partial charge on any atom is 0.0923 e. The largest absolute Gasteiger partial charge is 0.385 e. The van der Waals surface area contributed by atoms with E-state index in [1.807, 2.05) is 12.1 Å². The van der Waals surface area contributed by atoms with Gasteiger partial charge in [-0.05, 0) is 38.4 Å². The van der Waals surface area contributed by atoms with Gasteiger partial charge in [0, 0.05) is 18.0 Å². The second kappa shape index (κ2) is 4.07. The van der Waals surface area contributed by atoms with Crippen LogP contribution in [0, 0.1) is 0 Å². The van der Waals surface area contributed by atoms with E-state index in [4.69, 9.17) is 0 Å². The summed E-state index contributed by atoms with van der Waals surface area (Å²) in [6.45, 7) is 1.88. The summed E-state index contributed by atoms with van der Waals surface area (Å²) in [6, 6.07) is 3.84. The fourth-order valence-electron chi connectivity index (χ4n) is 1.98. The van der Waals surface area contributed by atoms with Crippen LogP contribution in [0.5, 0.6) is 0 Å². The van der Waals surface area contributed by atoms with Crippen LogP contribution in [0.4, 0.5) is 0 Å². The number of aromatic nitrogens is 1. The lowest BCUT2D eigenvalue weighted by atomic mass is 9.88. The molecule has 2 rings (SSSR count). The van der Waals surface area contributed by atoms with Crippen LogP contribution in [0.25, 0.3) is 0 Å². The van der Waals surface area contributed by atoms with Crippen LogP contribution >= 0.6 is 0 Å². The minimum Gasteiger partial charge on any atom is -0.385 e.